The number of carboxylic acid groups (broad SMARTS) is 1. The molecule has 13 heavy (non-hydrogen) atoms. The van der Waals surface area contributed by atoms with E-state index in [0.29, 0.717) is 5.65 Å². The molecule has 2 heterocycles. The van der Waals surface area contributed by atoms with Crippen LogP contribution in [-0.4, -0.2) is 30.9 Å². The van der Waals surface area contributed by atoms with Gasteiger partial charge in [0.1, 0.15) is 10.6 Å². The fraction of sp³-hybridized carbons (Fsp3) is 0. The lowest BCUT2D eigenvalue weighted by Crippen LogP contribution is -2.04. The second-order valence-corrected chi connectivity index (χ2v) is 2.73. The number of hydrogen-bond acceptors (Lipinski definition) is 5. The van der Waals surface area contributed by atoms with Gasteiger partial charge >= 0.3 is 5.97 Å². The predicted molar refractivity (Wildman–Crippen MR) is 45.0 cm³/mol. The minimum absolute atomic E-state index is 0.00123. The van der Waals surface area contributed by atoms with Gasteiger partial charge in [-0.15, -0.1) is 17.7 Å². The first-order valence-electron chi connectivity index (χ1n) is 3.32. The van der Waals surface area contributed by atoms with E-state index in [4.69, 9.17) is 5.11 Å². The van der Waals surface area contributed by atoms with Crippen LogP contribution in [0.15, 0.2) is 17.4 Å². The van der Waals surface area contributed by atoms with Gasteiger partial charge in [0, 0.05) is 6.20 Å². The first-order chi connectivity index (χ1) is 6.20. The van der Waals surface area contributed by atoms with Crippen molar-refractivity contribution in [3.63, 3.8) is 0 Å². The molecule has 2 aromatic heterocycles. The summed E-state index contributed by atoms with van der Waals surface area (Å²) in [6, 6.07) is 0. The smallest absolute Gasteiger partial charge is 0.340 e. The normalized spacial score (nSPS) is 10.5. The van der Waals surface area contributed by atoms with E-state index >= 15 is 0 Å². The van der Waals surface area contributed by atoms with Crippen LogP contribution in [0.25, 0.3) is 5.65 Å². The number of thiol groups is 1. The second-order valence-electron chi connectivity index (χ2n) is 2.30. The molecule has 0 aliphatic heterocycles. The lowest BCUT2D eigenvalue weighted by atomic mass is 10.3. The molecule has 0 saturated carbocycles. The Hall–Kier alpha value is -1.63. The van der Waals surface area contributed by atoms with Gasteiger partial charge in [-0.3, -0.25) is 0 Å². The van der Waals surface area contributed by atoms with Gasteiger partial charge in [0.25, 0.3) is 0 Å². The average Bonchev–Trinajstić information content (AvgIpc) is 2.52. The summed E-state index contributed by atoms with van der Waals surface area (Å²) in [7, 11) is 0. The van der Waals surface area contributed by atoms with Crippen molar-refractivity contribution in [1.82, 2.24) is 19.8 Å². The Morgan fingerprint density at radius 2 is 2.31 bits per heavy atom. The molecule has 0 radical (unpaired) electrons. The van der Waals surface area contributed by atoms with E-state index in [1.54, 1.807) is 0 Å². The van der Waals surface area contributed by atoms with Crippen molar-refractivity contribution in [1.29, 1.82) is 0 Å². The molecule has 2 aromatic rings. The van der Waals surface area contributed by atoms with Crippen molar-refractivity contribution in [2.75, 3.05) is 0 Å². The van der Waals surface area contributed by atoms with Gasteiger partial charge < -0.3 is 5.11 Å². The van der Waals surface area contributed by atoms with Gasteiger partial charge in [-0.25, -0.2) is 9.78 Å². The van der Waals surface area contributed by atoms with Crippen LogP contribution < -0.4 is 0 Å². The van der Waals surface area contributed by atoms with Crippen LogP contribution in [0.2, 0.25) is 0 Å². The zero-order valence-electron chi connectivity index (χ0n) is 6.25. The number of rotatable bonds is 1. The maximum Gasteiger partial charge on any atom is 0.340 e. The molecule has 1 N–H and O–H groups in total. The highest BCUT2D eigenvalue weighted by Gasteiger charge is 2.12. The predicted octanol–water partition coefficient (Wildman–Crippen LogP) is 0.111. The van der Waals surface area contributed by atoms with Gasteiger partial charge in [-0.05, 0) is 0 Å². The highest BCUT2D eigenvalue weighted by molar-refractivity contribution is 7.80. The van der Waals surface area contributed by atoms with Gasteiger partial charge in [0.2, 0.25) is 0 Å². The van der Waals surface area contributed by atoms with E-state index in [1.807, 2.05) is 0 Å². The van der Waals surface area contributed by atoms with E-state index in [2.05, 4.69) is 27.9 Å². The van der Waals surface area contributed by atoms with Crippen molar-refractivity contribution in [3.8, 4) is 0 Å². The molecule has 0 atom stereocenters. The van der Waals surface area contributed by atoms with Crippen LogP contribution in [0.3, 0.4) is 0 Å². The molecule has 0 aliphatic rings. The Kier molecular flexibility index (Phi) is 1.66. The van der Waals surface area contributed by atoms with Gasteiger partial charge in [-0.2, -0.15) is 4.52 Å². The molecule has 6 nitrogen and oxygen atoms in total. The summed E-state index contributed by atoms with van der Waals surface area (Å²) in [6.07, 6.45) is 2.65. The number of carboxylic acids is 1. The molecule has 2 rings (SSSR count). The minimum Gasteiger partial charge on any atom is -0.478 e. The zero-order valence-corrected chi connectivity index (χ0v) is 7.14. The Labute approximate surface area is 77.6 Å². The summed E-state index contributed by atoms with van der Waals surface area (Å²) in [5, 5.41) is 16.1. The average molecular weight is 196 g/mol. The Morgan fingerprint density at radius 3 is 3.00 bits per heavy atom. The summed E-state index contributed by atoms with van der Waals surface area (Å²) < 4.78 is 1.26. The fourth-order valence-electron chi connectivity index (χ4n) is 0.922. The van der Waals surface area contributed by atoms with E-state index in [-0.39, 0.29) is 10.6 Å². The monoisotopic (exact) mass is 196 g/mol. The van der Waals surface area contributed by atoms with Crippen LogP contribution in [0, 0.1) is 0 Å². The van der Waals surface area contributed by atoms with Crippen LogP contribution in [0.5, 0.6) is 0 Å². The van der Waals surface area contributed by atoms with Gasteiger partial charge in [0.15, 0.2) is 5.65 Å². The third-order valence-electron chi connectivity index (χ3n) is 1.53. The molecular weight excluding hydrogens is 192 g/mol. The zero-order chi connectivity index (χ0) is 9.42. The van der Waals surface area contributed by atoms with Gasteiger partial charge in [0.05, 0.1) is 6.20 Å². The van der Waals surface area contributed by atoms with E-state index in [1.165, 1.54) is 16.9 Å². The standard InChI is InChI=1S/C6H4N4O2S/c11-6(12)3-1-7-4-2-8-9-10(4)5(3)13/h1-2,13H,(H,11,12). The van der Waals surface area contributed by atoms with Crippen molar-refractivity contribution >= 4 is 24.2 Å². The minimum atomic E-state index is -1.09. The molecule has 0 unspecified atom stereocenters. The lowest BCUT2D eigenvalue weighted by molar-refractivity contribution is 0.0691. The largest absolute Gasteiger partial charge is 0.478 e. The molecule has 0 aliphatic carbocycles. The highest BCUT2D eigenvalue weighted by atomic mass is 32.1. The first-order valence-corrected chi connectivity index (χ1v) is 3.76. The molecule has 0 spiro atoms. The first kappa shape index (κ1) is 7.99. The maximum atomic E-state index is 10.6. The summed E-state index contributed by atoms with van der Waals surface area (Å²) in [5.74, 6) is -1.09. The maximum absolute atomic E-state index is 10.6. The Morgan fingerprint density at radius 1 is 1.54 bits per heavy atom. The summed E-state index contributed by atoms with van der Waals surface area (Å²) in [6.45, 7) is 0. The van der Waals surface area contributed by atoms with Crippen molar-refractivity contribution < 1.29 is 9.90 Å². The topological polar surface area (TPSA) is 80.4 Å². The van der Waals surface area contributed by atoms with E-state index < -0.39 is 5.97 Å². The molecule has 66 valence electrons. The summed E-state index contributed by atoms with van der Waals surface area (Å²) in [5.41, 5.74) is 0.469. The summed E-state index contributed by atoms with van der Waals surface area (Å²) in [4.78, 5) is 14.5. The second kappa shape index (κ2) is 2.70. The molecule has 7 heteroatoms. The van der Waals surface area contributed by atoms with Crippen LogP contribution in [-0.2, 0) is 0 Å². The third-order valence-corrected chi connectivity index (χ3v) is 1.96. The third kappa shape index (κ3) is 1.13. The fourth-order valence-corrected chi connectivity index (χ4v) is 1.22. The quantitative estimate of drug-likeness (QED) is 0.500. The number of fused-ring (bicyclic) bond motifs is 1. The molecule has 0 amide bonds. The SMILES string of the molecule is O=C(O)c1cnc2cnnn2c1S. The highest BCUT2D eigenvalue weighted by Crippen LogP contribution is 2.12. The van der Waals surface area contributed by atoms with Crippen LogP contribution >= 0.6 is 12.6 Å². The van der Waals surface area contributed by atoms with E-state index in [0.717, 1.165) is 0 Å². The van der Waals surface area contributed by atoms with Crippen molar-refractivity contribution in [2.24, 2.45) is 0 Å². The molecule has 0 aromatic carbocycles. The Bertz CT molecular complexity index is 480. The molecule has 0 saturated heterocycles. The molecule has 0 bridgehead atoms. The number of aromatic carboxylic acids is 1. The number of nitrogens with zero attached hydrogens (tertiary/aromatic N) is 4. The summed E-state index contributed by atoms with van der Waals surface area (Å²) >= 11 is 4.01. The number of hydrogen-bond donors (Lipinski definition) is 2. The van der Waals surface area contributed by atoms with E-state index in [9.17, 15) is 4.79 Å². The van der Waals surface area contributed by atoms with Crippen LogP contribution in [0.1, 0.15) is 10.4 Å². The van der Waals surface area contributed by atoms with Crippen LogP contribution in [0.4, 0.5) is 0 Å². The van der Waals surface area contributed by atoms with Crippen molar-refractivity contribution in [3.05, 3.63) is 18.0 Å². The lowest BCUT2D eigenvalue weighted by Gasteiger charge is -1.99. The number of aromatic nitrogens is 4. The van der Waals surface area contributed by atoms with Crippen molar-refractivity contribution in [2.45, 2.75) is 5.03 Å². The Balaban J connectivity index is 2.80. The van der Waals surface area contributed by atoms with Gasteiger partial charge in [-0.1, -0.05) is 5.21 Å². The number of carbonyl (C=O) groups is 1. The molecular formula is C6H4N4O2S. The molecule has 0 fully saturated rings.